The van der Waals surface area contributed by atoms with Gasteiger partial charge in [-0.3, -0.25) is 4.79 Å². The van der Waals surface area contributed by atoms with Crippen LogP contribution in [-0.2, 0) is 28.7 Å². The van der Waals surface area contributed by atoms with Crippen molar-refractivity contribution in [2.45, 2.75) is 19.2 Å². The van der Waals surface area contributed by atoms with E-state index in [-0.39, 0.29) is 18.9 Å². The number of carbonyl (C=O) groups excluding carboxylic acids is 1. The molecular formula is C20H14F3N5O3. The molecule has 0 fully saturated rings. The van der Waals surface area contributed by atoms with E-state index in [2.05, 4.69) is 20.5 Å². The number of nitrogens with zero attached hydrogens (tertiary/aromatic N) is 5. The topological polar surface area (TPSA) is 95.9 Å². The van der Waals surface area contributed by atoms with Crippen LogP contribution in [0.15, 0.2) is 65.5 Å². The Morgan fingerprint density at radius 2 is 1.81 bits per heavy atom. The second kappa shape index (κ2) is 8.38. The quantitative estimate of drug-likeness (QED) is 0.432. The smallest absolute Gasteiger partial charge is 0.416 e. The zero-order valence-electron chi connectivity index (χ0n) is 15.8. The number of tetrazole rings is 1. The standard InChI is InChI=1S/C20H14F3N5O3/c21-20(22,23)15-5-3-14(4-6-15)19-25-16(11-31-19)10-30-18(29)9-13-1-7-17(8-2-13)28-12-24-26-27-28/h1-8,11-12H,9-10H2. The van der Waals surface area contributed by atoms with E-state index < -0.39 is 17.7 Å². The van der Waals surface area contributed by atoms with Crippen molar-refractivity contribution in [1.82, 2.24) is 25.2 Å². The molecule has 31 heavy (non-hydrogen) atoms. The Kier molecular flexibility index (Phi) is 5.48. The summed E-state index contributed by atoms with van der Waals surface area (Å²) >= 11 is 0. The molecule has 2 heterocycles. The lowest BCUT2D eigenvalue weighted by atomic mass is 10.1. The fourth-order valence-electron chi connectivity index (χ4n) is 2.73. The number of hydrogen-bond donors (Lipinski definition) is 0. The lowest BCUT2D eigenvalue weighted by Gasteiger charge is -2.06. The molecule has 0 N–H and O–H groups in total. The average molecular weight is 429 g/mol. The van der Waals surface area contributed by atoms with Crippen molar-refractivity contribution in [3.05, 3.63) is 77.9 Å². The molecule has 0 spiro atoms. The first-order valence-corrected chi connectivity index (χ1v) is 8.98. The molecule has 0 saturated heterocycles. The molecule has 2 aromatic heterocycles. The van der Waals surface area contributed by atoms with Gasteiger partial charge in [-0.1, -0.05) is 12.1 Å². The van der Waals surface area contributed by atoms with Crippen molar-refractivity contribution in [3.63, 3.8) is 0 Å². The minimum atomic E-state index is -4.41. The van der Waals surface area contributed by atoms with Crippen LogP contribution in [0.2, 0.25) is 0 Å². The van der Waals surface area contributed by atoms with Crippen LogP contribution in [0.3, 0.4) is 0 Å². The van der Waals surface area contributed by atoms with E-state index in [0.717, 1.165) is 23.4 Å². The molecule has 0 aliphatic heterocycles. The van der Waals surface area contributed by atoms with Crippen LogP contribution in [0.4, 0.5) is 13.2 Å². The molecule has 158 valence electrons. The monoisotopic (exact) mass is 429 g/mol. The van der Waals surface area contributed by atoms with E-state index in [0.29, 0.717) is 11.3 Å². The van der Waals surface area contributed by atoms with Gasteiger partial charge in [0.15, 0.2) is 0 Å². The van der Waals surface area contributed by atoms with Crippen molar-refractivity contribution < 1.29 is 27.1 Å². The third kappa shape index (κ3) is 4.94. The summed E-state index contributed by atoms with van der Waals surface area (Å²) in [5, 5.41) is 10.9. The van der Waals surface area contributed by atoms with Crippen LogP contribution in [0.25, 0.3) is 17.1 Å². The summed E-state index contributed by atoms with van der Waals surface area (Å²) in [5.41, 5.74) is 1.46. The molecule has 4 aromatic rings. The van der Waals surface area contributed by atoms with Crippen LogP contribution in [-0.4, -0.2) is 31.2 Å². The number of benzene rings is 2. The Hall–Kier alpha value is -4.02. The van der Waals surface area contributed by atoms with Crippen molar-refractivity contribution in [1.29, 1.82) is 0 Å². The van der Waals surface area contributed by atoms with Crippen LogP contribution >= 0.6 is 0 Å². The molecule has 8 nitrogen and oxygen atoms in total. The number of oxazole rings is 1. The molecule has 0 aliphatic rings. The van der Waals surface area contributed by atoms with Crippen LogP contribution in [0.5, 0.6) is 0 Å². The summed E-state index contributed by atoms with van der Waals surface area (Å²) in [5.74, 6) is -0.327. The normalized spacial score (nSPS) is 11.5. The van der Waals surface area contributed by atoms with Gasteiger partial charge in [-0.2, -0.15) is 13.2 Å². The molecular weight excluding hydrogens is 415 g/mol. The van der Waals surface area contributed by atoms with Crippen molar-refractivity contribution >= 4 is 5.97 Å². The molecule has 2 aromatic carbocycles. The first-order valence-electron chi connectivity index (χ1n) is 8.98. The maximum atomic E-state index is 12.6. The Morgan fingerprint density at radius 3 is 2.45 bits per heavy atom. The molecule has 0 amide bonds. The number of carbonyl (C=O) groups is 1. The van der Waals surface area contributed by atoms with Gasteiger partial charge in [-0.05, 0) is 52.4 Å². The molecule has 0 aliphatic carbocycles. The van der Waals surface area contributed by atoms with Gasteiger partial charge in [0.05, 0.1) is 17.7 Å². The molecule has 0 unspecified atom stereocenters. The van der Waals surface area contributed by atoms with Gasteiger partial charge < -0.3 is 9.15 Å². The van der Waals surface area contributed by atoms with E-state index in [1.54, 1.807) is 24.3 Å². The van der Waals surface area contributed by atoms with E-state index in [9.17, 15) is 18.0 Å². The SMILES string of the molecule is O=C(Cc1ccc(-n2cnnn2)cc1)OCc1coc(-c2ccc(C(F)(F)F)cc2)n1. The van der Waals surface area contributed by atoms with Gasteiger partial charge in [0.2, 0.25) is 5.89 Å². The van der Waals surface area contributed by atoms with Gasteiger partial charge in [-0.25, -0.2) is 9.67 Å². The van der Waals surface area contributed by atoms with E-state index >= 15 is 0 Å². The third-order valence-electron chi connectivity index (χ3n) is 4.29. The Balaban J connectivity index is 1.31. The molecule has 0 radical (unpaired) electrons. The fourth-order valence-corrected chi connectivity index (χ4v) is 2.73. The minimum absolute atomic E-state index is 0.0551. The molecule has 0 bridgehead atoms. The minimum Gasteiger partial charge on any atom is -0.459 e. The Bertz CT molecular complexity index is 1150. The van der Waals surface area contributed by atoms with Crippen molar-refractivity contribution in [2.75, 3.05) is 0 Å². The van der Waals surface area contributed by atoms with Gasteiger partial charge in [0.25, 0.3) is 0 Å². The number of hydrogen-bond acceptors (Lipinski definition) is 7. The summed E-state index contributed by atoms with van der Waals surface area (Å²) in [6.45, 7) is -0.119. The number of halogens is 3. The summed E-state index contributed by atoms with van der Waals surface area (Å²) in [6, 6.07) is 11.5. The van der Waals surface area contributed by atoms with E-state index in [4.69, 9.17) is 9.15 Å². The number of esters is 1. The highest BCUT2D eigenvalue weighted by Crippen LogP contribution is 2.30. The summed E-state index contributed by atoms with van der Waals surface area (Å²) in [6.07, 6.45) is -1.61. The van der Waals surface area contributed by atoms with Crippen molar-refractivity contribution in [2.24, 2.45) is 0 Å². The van der Waals surface area contributed by atoms with E-state index in [1.807, 2.05) is 0 Å². The Morgan fingerprint density at radius 1 is 1.06 bits per heavy atom. The zero-order valence-corrected chi connectivity index (χ0v) is 15.8. The second-order valence-electron chi connectivity index (χ2n) is 6.48. The maximum absolute atomic E-state index is 12.6. The van der Waals surface area contributed by atoms with Crippen LogP contribution < -0.4 is 0 Å². The number of aromatic nitrogens is 5. The van der Waals surface area contributed by atoms with E-state index in [1.165, 1.54) is 29.4 Å². The largest absolute Gasteiger partial charge is 0.459 e. The zero-order chi connectivity index (χ0) is 21.8. The summed E-state index contributed by atoms with van der Waals surface area (Å²) in [7, 11) is 0. The lowest BCUT2D eigenvalue weighted by Crippen LogP contribution is -2.08. The fraction of sp³-hybridized carbons (Fsp3) is 0.150. The highest BCUT2D eigenvalue weighted by atomic mass is 19.4. The highest BCUT2D eigenvalue weighted by Gasteiger charge is 2.30. The molecule has 0 atom stereocenters. The predicted octanol–water partition coefficient (Wildman–Crippen LogP) is 3.62. The van der Waals surface area contributed by atoms with Gasteiger partial charge >= 0.3 is 12.1 Å². The molecule has 4 rings (SSSR count). The first-order chi connectivity index (χ1) is 14.9. The first kappa shape index (κ1) is 20.3. The summed E-state index contributed by atoms with van der Waals surface area (Å²) in [4.78, 5) is 16.2. The summed E-state index contributed by atoms with van der Waals surface area (Å²) < 4.78 is 49.9. The van der Waals surface area contributed by atoms with Crippen molar-refractivity contribution in [3.8, 4) is 17.1 Å². The number of alkyl halides is 3. The average Bonchev–Trinajstić information content (AvgIpc) is 3.45. The second-order valence-corrected chi connectivity index (χ2v) is 6.48. The van der Waals surface area contributed by atoms with Gasteiger partial charge in [-0.15, -0.1) is 5.10 Å². The number of rotatable bonds is 6. The van der Waals surface area contributed by atoms with Crippen LogP contribution in [0, 0.1) is 0 Å². The lowest BCUT2D eigenvalue weighted by molar-refractivity contribution is -0.144. The Labute approximate surface area is 173 Å². The van der Waals surface area contributed by atoms with Crippen LogP contribution in [0.1, 0.15) is 16.8 Å². The number of ether oxygens (including phenoxy) is 1. The molecule has 0 saturated carbocycles. The van der Waals surface area contributed by atoms with Gasteiger partial charge in [0.1, 0.15) is 24.9 Å². The van der Waals surface area contributed by atoms with Gasteiger partial charge in [0, 0.05) is 5.56 Å². The predicted molar refractivity (Wildman–Crippen MR) is 99.6 cm³/mol. The molecule has 11 heteroatoms. The highest BCUT2D eigenvalue weighted by molar-refractivity contribution is 5.72. The maximum Gasteiger partial charge on any atom is 0.416 e. The third-order valence-corrected chi connectivity index (χ3v) is 4.29.